The average molecular weight is 2090 g/mol. The summed E-state index contributed by atoms with van der Waals surface area (Å²) in [6.07, 6.45) is 8.71. The van der Waals surface area contributed by atoms with Crippen molar-refractivity contribution in [3.05, 3.63) is 197 Å². The van der Waals surface area contributed by atoms with Crippen molar-refractivity contribution in [1.29, 1.82) is 0 Å². The van der Waals surface area contributed by atoms with Crippen molar-refractivity contribution in [3.8, 4) is 57.5 Å². The quantitative estimate of drug-likeness (QED) is 0.00570. The topological polar surface area (TPSA) is 716 Å². The number of nitro groups is 2. The number of carboxylic acids is 6. The van der Waals surface area contributed by atoms with Crippen LogP contribution in [0.2, 0.25) is 0 Å². The Balaban J connectivity index is 0.000000167. The monoisotopic (exact) mass is 2090 g/mol. The SMILES string of the molecule is CC(=O)Oc1cc(OC(C)=O)c2c(=O)c(Oc3ccc(F)cc3)coc2c1CC1CCCC1C(=O)O.CC(Nc1cccc(C2CCC(Cc3ccc4c(c3)OCO4)CC2)c1[N+](=O)[O-])C(=O)O.COc1cc(NC(=O)CCN2C(=O)c3ccc([N+](=O)[O-])cc3C2=O)c(C(=O)O)cc1OC.COc1cc(NC(=O)CSC2Nc3ncnc(N)c3N2)c(C(=O)O)cc1OC.O=C(O)CNc1nc(NCC(=O)O)nc(N2CCOCC2)n1. The summed E-state index contributed by atoms with van der Waals surface area (Å²) >= 11 is 1.25. The number of carbonyl (C=O) groups excluding carboxylic acids is 6. The molecule has 4 aliphatic heterocycles. The van der Waals surface area contributed by atoms with E-state index < -0.39 is 104 Å². The van der Waals surface area contributed by atoms with Crippen LogP contribution in [0.3, 0.4) is 0 Å². The molecule has 149 heavy (non-hydrogen) atoms. The zero-order valence-corrected chi connectivity index (χ0v) is 81.3. The van der Waals surface area contributed by atoms with Gasteiger partial charge >= 0.3 is 47.8 Å². The first-order valence-electron chi connectivity index (χ1n) is 45.5. The molecule has 15 N–H and O–H groups in total. The number of nitrogen functional groups attached to an aromatic ring is 1. The molecule has 53 heteroatoms. The zero-order valence-electron chi connectivity index (χ0n) is 80.4. The molecule has 7 aromatic carbocycles. The summed E-state index contributed by atoms with van der Waals surface area (Å²) in [7, 11) is 5.49. The van der Waals surface area contributed by atoms with Gasteiger partial charge in [0.1, 0.15) is 82.6 Å². The first-order chi connectivity index (χ1) is 71.2. The lowest BCUT2D eigenvalue weighted by molar-refractivity contribution is -0.385. The highest BCUT2D eigenvalue weighted by Gasteiger charge is 2.40. The Kier molecular flexibility index (Phi) is 37.1. The van der Waals surface area contributed by atoms with Gasteiger partial charge in [-0.15, -0.1) is 11.8 Å². The van der Waals surface area contributed by atoms with Crippen molar-refractivity contribution in [2.24, 2.45) is 17.8 Å². The van der Waals surface area contributed by atoms with E-state index in [4.69, 9.17) is 72.8 Å². The summed E-state index contributed by atoms with van der Waals surface area (Å²) in [4.78, 5) is 198. The summed E-state index contributed by atoms with van der Waals surface area (Å²) in [6.45, 7) is 5.27. The maximum atomic E-state index is 13.4. The van der Waals surface area contributed by atoms with E-state index >= 15 is 0 Å². The molecular weight excluding hydrogens is 1990 g/mol. The van der Waals surface area contributed by atoms with Gasteiger partial charge in [-0.3, -0.25) is 77.9 Å². The van der Waals surface area contributed by atoms with Crippen LogP contribution in [0.1, 0.15) is 136 Å². The van der Waals surface area contributed by atoms with Crippen LogP contribution in [0.5, 0.6) is 57.5 Å². The minimum absolute atomic E-state index is 0.00218. The van der Waals surface area contributed by atoms with Gasteiger partial charge < -0.3 is 130 Å². The molecule has 786 valence electrons. The number of fused-ring (bicyclic) bond motifs is 4. The average Bonchev–Trinajstić information content (AvgIpc) is 1.73. The molecule has 4 amide bonds. The van der Waals surface area contributed by atoms with Gasteiger partial charge in [0, 0.05) is 93.5 Å². The molecule has 2 aliphatic carbocycles. The van der Waals surface area contributed by atoms with Crippen molar-refractivity contribution in [3.63, 3.8) is 0 Å². The lowest BCUT2D eigenvalue weighted by Gasteiger charge is -2.29. The van der Waals surface area contributed by atoms with E-state index in [0.717, 1.165) is 86.0 Å². The number of nitrogens with zero attached hydrogens (tertiary/aromatic N) is 9. The molecule has 7 heterocycles. The number of esters is 2. The lowest BCUT2D eigenvalue weighted by Crippen LogP contribution is -2.37. The minimum atomic E-state index is -1.32. The second kappa shape index (κ2) is 50.4. The molecule has 4 unspecified atom stereocenters. The van der Waals surface area contributed by atoms with Crippen molar-refractivity contribution < 1.29 is 154 Å². The van der Waals surface area contributed by atoms with Crippen LogP contribution >= 0.6 is 11.8 Å². The van der Waals surface area contributed by atoms with Gasteiger partial charge in [0.2, 0.25) is 47.6 Å². The molecule has 0 spiro atoms. The standard InChI is InChI=1S/C26H23FO9.C23H26N2O6.C20H17N3O9.C16H18N6O5S.C11H16N6O5/c1-13(28)34-20-11-21(35-14(2)29)23-24(30)22(36-17-8-6-16(27)7-9-17)12-33-25(23)19(20)10-15-4-3-5-18(15)26(31)32;1-14(23(26)27)24-19-4-2-3-18(22(19)25(28)29)17-8-5-15(6-9-17)11-16-7-10-20-21(12-16)31-13-30-20;1-31-15-8-13(20(27)28)14(9-16(15)32-2)21-17(24)5-6-22-18(25)11-4-3-10(23(29)30)7-12(11)19(22)26;1-26-9-3-7(15(24)25)8(4-10(9)27-2)20-11(23)5-28-16-21-12-13(17)18-6-19-14(12)22-16;18-7(19)5-12-9-14-10(13-6-8(20)21)16-11(15-9)17-1-3-22-4-2-17/h6-9,11-12,15,18H,3-5,10H2,1-2H3,(H,31,32);2-4,7,10,12,14-15,17,24H,5-6,8-9,11,13H2,1H3,(H,26,27);3-4,7-9H,5-6H2,1-2H3,(H,21,24)(H,27,28);3-4,6,16,21H,5H2,1-2H3,(H,20,23)(H,24,25)(H3,17,18,19,22);1-6H2,(H,18,19)(H,20,21)(H2,12,13,14,15,16). The van der Waals surface area contributed by atoms with Gasteiger partial charge in [0.05, 0.1) is 96.8 Å². The number of amides is 4. The molecular formula is C96H100FN17O34S. The third kappa shape index (κ3) is 28.5. The molecule has 6 aliphatic rings. The van der Waals surface area contributed by atoms with Crippen LogP contribution in [0.25, 0.3) is 11.0 Å². The maximum absolute atomic E-state index is 13.4. The normalized spacial score (nSPS) is 16.0. The number of thioether (sulfide) groups is 1. The third-order valence-electron chi connectivity index (χ3n) is 23.6. The fraction of sp³-hybridized carbons (Fsp3) is 0.333. The number of halogens is 1. The molecule has 3 aromatic heterocycles. The van der Waals surface area contributed by atoms with Gasteiger partial charge in [0.25, 0.3) is 23.2 Å². The molecule has 0 radical (unpaired) electrons. The highest BCUT2D eigenvalue weighted by atomic mass is 32.2. The maximum Gasteiger partial charge on any atom is 0.337 e. The number of benzene rings is 7. The highest BCUT2D eigenvalue weighted by molar-refractivity contribution is 8.00. The first-order valence-corrected chi connectivity index (χ1v) is 46.5. The minimum Gasteiger partial charge on any atom is -0.493 e. The van der Waals surface area contributed by atoms with Crippen LogP contribution in [0.15, 0.2) is 131 Å². The van der Waals surface area contributed by atoms with Gasteiger partial charge in [-0.2, -0.15) is 15.0 Å². The van der Waals surface area contributed by atoms with E-state index in [-0.39, 0.29) is 176 Å². The molecule has 10 aromatic rings. The van der Waals surface area contributed by atoms with Gasteiger partial charge in [0.15, 0.2) is 46.1 Å². The number of nitrogens with two attached hydrogens (primary N) is 1. The fourth-order valence-corrected chi connectivity index (χ4v) is 17.3. The molecule has 51 nitrogen and oxygen atoms in total. The van der Waals surface area contributed by atoms with Crippen molar-refractivity contribution >= 4 is 158 Å². The lowest BCUT2D eigenvalue weighted by atomic mass is 9.76. The Morgan fingerprint density at radius 2 is 1.24 bits per heavy atom. The van der Waals surface area contributed by atoms with Crippen LogP contribution in [0, 0.1) is 43.8 Å². The number of hydrogen-bond donors (Lipinski definition) is 14. The second-order valence-corrected chi connectivity index (χ2v) is 34.5. The number of imide groups is 1. The Morgan fingerprint density at radius 1 is 0.638 bits per heavy atom. The van der Waals surface area contributed by atoms with E-state index in [0.29, 0.717) is 91.6 Å². The number of hydrogen-bond acceptors (Lipinski definition) is 41. The largest absolute Gasteiger partial charge is 0.493 e. The Labute approximate surface area is 847 Å². The third-order valence-corrected chi connectivity index (χ3v) is 24.6. The van der Waals surface area contributed by atoms with E-state index in [1.807, 2.05) is 17.0 Å². The van der Waals surface area contributed by atoms with Crippen LogP contribution in [-0.4, -0.2) is 240 Å². The van der Waals surface area contributed by atoms with Crippen LogP contribution < -0.4 is 95.9 Å². The molecule has 1 saturated heterocycles. The van der Waals surface area contributed by atoms with Gasteiger partial charge in [-0.1, -0.05) is 24.6 Å². The predicted octanol–water partition coefficient (Wildman–Crippen LogP) is 11.2. The number of aromatic carboxylic acids is 2. The number of para-hydroxylation sites is 1. The van der Waals surface area contributed by atoms with Crippen molar-refractivity contribution in [2.45, 2.75) is 102 Å². The molecule has 2 saturated carbocycles. The second-order valence-electron chi connectivity index (χ2n) is 33.4. The smallest absolute Gasteiger partial charge is 0.337 e. The summed E-state index contributed by atoms with van der Waals surface area (Å²) < 4.78 is 71.7. The molecule has 4 atom stereocenters. The van der Waals surface area contributed by atoms with Crippen LogP contribution in [-0.2, 0) is 55.9 Å². The van der Waals surface area contributed by atoms with E-state index in [9.17, 15) is 102 Å². The summed E-state index contributed by atoms with van der Waals surface area (Å²) in [5.41, 5.74) is 7.04. The number of non-ortho nitro benzene ring substituents is 1. The zero-order chi connectivity index (χ0) is 108. The Morgan fingerprint density at radius 3 is 1.82 bits per heavy atom. The van der Waals surface area contributed by atoms with Crippen molar-refractivity contribution in [2.75, 3.05) is 135 Å². The Bertz CT molecular complexity index is 6810. The van der Waals surface area contributed by atoms with E-state index in [1.165, 1.54) is 114 Å². The summed E-state index contributed by atoms with van der Waals surface area (Å²) in [6, 6.07) is 25.0. The number of carboxylic acid groups (broad SMARTS) is 6. The summed E-state index contributed by atoms with van der Waals surface area (Å²) in [5.74, 6) is -7.73. The molecule has 0 bridgehead atoms. The number of ether oxygens (including phenoxy) is 10. The molecule has 3 fully saturated rings. The number of nitro benzene ring substituents is 2. The summed E-state index contributed by atoms with van der Waals surface area (Å²) in [5, 5.41) is 96.5. The number of morpholine rings is 1. The Hall–Kier alpha value is -18.1. The fourth-order valence-electron chi connectivity index (χ4n) is 16.6. The van der Waals surface area contributed by atoms with Crippen molar-refractivity contribution in [1.82, 2.24) is 29.8 Å². The van der Waals surface area contributed by atoms with Crippen LogP contribution in [0.4, 0.5) is 68.0 Å². The number of rotatable bonds is 36. The number of aliphatic carboxylic acids is 4. The first kappa shape index (κ1) is 110. The van der Waals surface area contributed by atoms with E-state index in [2.05, 4.69) is 68.2 Å². The number of anilines is 9. The van der Waals surface area contributed by atoms with Gasteiger partial charge in [-0.25, -0.2) is 23.9 Å². The number of carbonyl (C=O) groups is 12. The van der Waals surface area contributed by atoms with Gasteiger partial charge in [-0.05, 0) is 130 Å². The number of aromatic nitrogens is 5. The molecule has 16 rings (SSSR count). The number of methoxy groups -OCH3 is 4. The van der Waals surface area contributed by atoms with E-state index in [1.54, 1.807) is 18.2 Å². The highest BCUT2D eigenvalue weighted by Crippen LogP contribution is 2.47. The predicted molar refractivity (Wildman–Crippen MR) is 527 cm³/mol. The number of nitrogens with one attached hydrogen (secondary N) is 7.